The second-order valence-electron chi connectivity index (χ2n) is 9.40. The number of piperazine rings is 1. The third-order valence-corrected chi connectivity index (χ3v) is 8.18. The third kappa shape index (κ3) is 7.63. The molecule has 0 N–H and O–H groups in total. The number of esters is 1. The van der Waals surface area contributed by atoms with Gasteiger partial charge in [-0.25, -0.2) is 0 Å². The molecule has 4 rings (SSSR count). The van der Waals surface area contributed by atoms with E-state index in [1.807, 2.05) is 17.8 Å². The van der Waals surface area contributed by atoms with Crippen molar-refractivity contribution in [3.8, 4) is 0 Å². The van der Waals surface area contributed by atoms with Gasteiger partial charge in [-0.1, -0.05) is 61.7 Å². The van der Waals surface area contributed by atoms with Crippen LogP contribution in [0.25, 0.3) is 0 Å². The fourth-order valence-corrected chi connectivity index (χ4v) is 6.03. The molecule has 190 valence electrons. The van der Waals surface area contributed by atoms with Crippen molar-refractivity contribution in [3.63, 3.8) is 0 Å². The van der Waals surface area contributed by atoms with Crippen LogP contribution in [0, 0.1) is 0 Å². The van der Waals surface area contributed by atoms with Crippen LogP contribution in [0.1, 0.15) is 45.4 Å². The summed E-state index contributed by atoms with van der Waals surface area (Å²) < 4.78 is 5.44. The molecule has 0 spiro atoms. The number of anilines is 2. The second-order valence-corrected chi connectivity index (χ2v) is 10.9. The van der Waals surface area contributed by atoms with Crippen molar-refractivity contribution in [1.29, 1.82) is 0 Å². The molecule has 0 aliphatic carbocycles. The average Bonchev–Trinajstić information content (AvgIpc) is 2.87. The number of hydrogen-bond acceptors (Lipinski definition) is 6. The van der Waals surface area contributed by atoms with Gasteiger partial charge >= 0.3 is 5.97 Å². The SMILES string of the molecule is CCCCCCC(=O)OCCN1CCN(CCCN2c3ccccc3Sc3ccc(Cl)cc32)CC1. The van der Waals surface area contributed by atoms with Gasteiger partial charge in [0.15, 0.2) is 0 Å². The van der Waals surface area contributed by atoms with Crippen LogP contribution in [0.3, 0.4) is 0 Å². The standard InChI is InChI=1S/C28H38ClN3O2S/c1-2-3-4-5-11-28(33)34-21-20-31-18-16-30(17-19-31)14-8-15-32-24-9-6-7-10-26(24)35-27-13-12-23(29)22-25(27)32/h6-7,9-10,12-13,22H,2-5,8,11,14-21H2,1H3. The Bertz CT molecular complexity index is 965. The number of nitrogens with zero attached hydrogens (tertiary/aromatic N) is 3. The fraction of sp³-hybridized carbons (Fsp3) is 0.536. The minimum absolute atomic E-state index is 0.0414. The summed E-state index contributed by atoms with van der Waals surface area (Å²) in [6, 6.07) is 14.8. The summed E-state index contributed by atoms with van der Waals surface area (Å²) in [5, 5.41) is 0.784. The van der Waals surface area contributed by atoms with Crippen molar-refractivity contribution < 1.29 is 9.53 Å². The Morgan fingerprint density at radius 2 is 1.63 bits per heavy atom. The zero-order chi connectivity index (χ0) is 24.5. The predicted molar refractivity (Wildman–Crippen MR) is 146 cm³/mol. The summed E-state index contributed by atoms with van der Waals surface area (Å²) in [6.07, 6.45) is 6.12. The normalized spacial score (nSPS) is 16.1. The van der Waals surface area contributed by atoms with E-state index >= 15 is 0 Å². The summed E-state index contributed by atoms with van der Waals surface area (Å²) in [7, 11) is 0. The van der Waals surface area contributed by atoms with Crippen molar-refractivity contribution in [2.24, 2.45) is 0 Å². The lowest BCUT2D eigenvalue weighted by Gasteiger charge is -2.36. The van der Waals surface area contributed by atoms with Crippen LogP contribution in [-0.4, -0.2) is 68.2 Å². The van der Waals surface area contributed by atoms with Gasteiger partial charge in [-0.05, 0) is 49.7 Å². The lowest BCUT2D eigenvalue weighted by molar-refractivity contribution is -0.144. The molecule has 5 nitrogen and oxygen atoms in total. The molecule has 0 saturated carbocycles. The summed E-state index contributed by atoms with van der Waals surface area (Å²) in [5.74, 6) is -0.0414. The highest BCUT2D eigenvalue weighted by atomic mass is 35.5. The first kappa shape index (κ1) is 26.3. The number of unbranched alkanes of at least 4 members (excludes halogenated alkanes) is 3. The van der Waals surface area contributed by atoms with Gasteiger partial charge < -0.3 is 14.5 Å². The van der Waals surface area contributed by atoms with Crippen molar-refractivity contribution in [1.82, 2.24) is 9.80 Å². The lowest BCUT2D eigenvalue weighted by Crippen LogP contribution is -2.47. The van der Waals surface area contributed by atoms with E-state index in [4.69, 9.17) is 16.3 Å². The molecule has 2 aliphatic rings. The Labute approximate surface area is 219 Å². The van der Waals surface area contributed by atoms with Crippen LogP contribution in [0.5, 0.6) is 0 Å². The first-order valence-corrected chi connectivity index (χ1v) is 14.3. The molecule has 2 aliphatic heterocycles. The number of benzene rings is 2. The Morgan fingerprint density at radius 3 is 2.43 bits per heavy atom. The maximum Gasteiger partial charge on any atom is 0.305 e. The Balaban J connectivity index is 1.17. The van der Waals surface area contributed by atoms with Crippen LogP contribution in [0.4, 0.5) is 11.4 Å². The van der Waals surface area contributed by atoms with E-state index in [9.17, 15) is 4.79 Å². The van der Waals surface area contributed by atoms with Gasteiger partial charge in [0, 0.05) is 60.5 Å². The quantitative estimate of drug-likeness (QED) is 0.238. The molecule has 2 aromatic rings. The molecular weight excluding hydrogens is 478 g/mol. The first-order valence-electron chi connectivity index (χ1n) is 13.1. The van der Waals surface area contributed by atoms with Gasteiger partial charge in [0.1, 0.15) is 6.61 Å². The zero-order valence-electron chi connectivity index (χ0n) is 20.9. The van der Waals surface area contributed by atoms with Gasteiger partial charge in [0.2, 0.25) is 0 Å². The van der Waals surface area contributed by atoms with Gasteiger partial charge in [-0.2, -0.15) is 0 Å². The summed E-state index contributed by atoms with van der Waals surface area (Å²) in [6.45, 7) is 9.81. The zero-order valence-corrected chi connectivity index (χ0v) is 22.5. The molecular formula is C28H38ClN3O2S. The van der Waals surface area contributed by atoms with E-state index < -0.39 is 0 Å². The van der Waals surface area contributed by atoms with Crippen molar-refractivity contribution >= 4 is 40.7 Å². The molecule has 0 aromatic heterocycles. The maximum absolute atomic E-state index is 11.9. The van der Waals surface area contributed by atoms with Gasteiger partial charge in [-0.15, -0.1) is 0 Å². The number of hydrogen-bond donors (Lipinski definition) is 0. The molecule has 2 aromatic carbocycles. The number of halogens is 1. The molecule has 0 amide bonds. The molecule has 1 saturated heterocycles. The highest BCUT2D eigenvalue weighted by Gasteiger charge is 2.24. The van der Waals surface area contributed by atoms with E-state index in [1.165, 1.54) is 34.0 Å². The minimum atomic E-state index is -0.0414. The molecule has 0 atom stereocenters. The minimum Gasteiger partial charge on any atom is -0.464 e. The molecule has 1 fully saturated rings. The molecule has 0 bridgehead atoms. The van der Waals surface area contributed by atoms with Crippen LogP contribution < -0.4 is 4.90 Å². The number of carbonyl (C=O) groups excluding carboxylic acids is 1. The van der Waals surface area contributed by atoms with Crippen LogP contribution in [0.15, 0.2) is 52.3 Å². The monoisotopic (exact) mass is 515 g/mol. The van der Waals surface area contributed by atoms with E-state index in [2.05, 4.69) is 58.0 Å². The Kier molecular flexibility index (Phi) is 10.2. The number of ether oxygens (including phenoxy) is 1. The van der Waals surface area contributed by atoms with E-state index in [0.717, 1.165) is 70.1 Å². The molecule has 0 unspecified atom stereocenters. The van der Waals surface area contributed by atoms with E-state index in [-0.39, 0.29) is 5.97 Å². The number of carbonyl (C=O) groups is 1. The Hall–Kier alpha value is -1.73. The van der Waals surface area contributed by atoms with Crippen LogP contribution in [0.2, 0.25) is 5.02 Å². The fourth-order valence-electron chi connectivity index (χ4n) is 4.79. The van der Waals surface area contributed by atoms with Crippen LogP contribution in [-0.2, 0) is 9.53 Å². The van der Waals surface area contributed by atoms with Gasteiger partial charge in [-0.3, -0.25) is 9.69 Å². The highest BCUT2D eigenvalue weighted by Crippen LogP contribution is 2.48. The maximum atomic E-state index is 11.9. The number of fused-ring (bicyclic) bond motifs is 2. The van der Waals surface area contributed by atoms with Crippen molar-refractivity contribution in [2.75, 3.05) is 57.3 Å². The van der Waals surface area contributed by atoms with Crippen molar-refractivity contribution in [2.45, 2.75) is 55.2 Å². The van der Waals surface area contributed by atoms with Gasteiger partial charge in [0.25, 0.3) is 0 Å². The predicted octanol–water partition coefficient (Wildman–Crippen LogP) is 6.46. The van der Waals surface area contributed by atoms with Crippen molar-refractivity contribution in [3.05, 3.63) is 47.5 Å². The highest BCUT2D eigenvalue weighted by molar-refractivity contribution is 7.99. The Morgan fingerprint density at radius 1 is 0.886 bits per heavy atom. The molecule has 0 radical (unpaired) electrons. The lowest BCUT2D eigenvalue weighted by atomic mass is 10.2. The largest absolute Gasteiger partial charge is 0.464 e. The number of rotatable bonds is 12. The van der Waals surface area contributed by atoms with E-state index in [1.54, 1.807) is 0 Å². The topological polar surface area (TPSA) is 36.0 Å². The van der Waals surface area contributed by atoms with E-state index in [0.29, 0.717) is 13.0 Å². The van der Waals surface area contributed by atoms with Crippen LogP contribution >= 0.6 is 23.4 Å². The second kappa shape index (κ2) is 13.5. The molecule has 35 heavy (non-hydrogen) atoms. The van der Waals surface area contributed by atoms with Gasteiger partial charge in [0.05, 0.1) is 11.4 Å². The smallest absolute Gasteiger partial charge is 0.305 e. The third-order valence-electron chi connectivity index (χ3n) is 6.81. The summed E-state index contributed by atoms with van der Waals surface area (Å²) in [4.78, 5) is 21.8. The molecule has 7 heteroatoms. The number of para-hydroxylation sites is 1. The summed E-state index contributed by atoms with van der Waals surface area (Å²) >= 11 is 8.17. The summed E-state index contributed by atoms with van der Waals surface area (Å²) in [5.41, 5.74) is 2.49. The molecule has 2 heterocycles. The first-order chi connectivity index (χ1) is 17.1. The average molecular weight is 516 g/mol.